The molecule has 0 aliphatic heterocycles. The van der Waals surface area contributed by atoms with Gasteiger partial charge in [0.2, 0.25) is 0 Å². The lowest BCUT2D eigenvalue weighted by atomic mass is 9.90. The van der Waals surface area contributed by atoms with Gasteiger partial charge in [0.1, 0.15) is 0 Å². The quantitative estimate of drug-likeness (QED) is 0.566. The van der Waals surface area contributed by atoms with E-state index >= 15 is 0 Å². The molecule has 0 amide bonds. The zero-order valence-electron chi connectivity index (χ0n) is 8.33. The van der Waals surface area contributed by atoms with Gasteiger partial charge in [-0.05, 0) is 17.9 Å². The van der Waals surface area contributed by atoms with Crippen molar-refractivity contribution in [2.24, 2.45) is 11.8 Å². The molecular formula is C13H16. The number of allylic oxidation sites excluding steroid dienone is 8. The van der Waals surface area contributed by atoms with Gasteiger partial charge in [0.05, 0.1) is 0 Å². The molecule has 0 heteroatoms. The van der Waals surface area contributed by atoms with Crippen molar-refractivity contribution in [2.75, 3.05) is 0 Å². The van der Waals surface area contributed by atoms with Crippen molar-refractivity contribution in [1.82, 2.24) is 0 Å². The summed E-state index contributed by atoms with van der Waals surface area (Å²) in [7, 11) is 0. The molecule has 0 heterocycles. The van der Waals surface area contributed by atoms with Crippen LogP contribution >= 0.6 is 0 Å². The van der Waals surface area contributed by atoms with Crippen LogP contribution in [0.25, 0.3) is 0 Å². The van der Waals surface area contributed by atoms with E-state index in [9.17, 15) is 0 Å². The summed E-state index contributed by atoms with van der Waals surface area (Å²) in [5, 5.41) is 0. The predicted octanol–water partition coefficient (Wildman–Crippen LogP) is 3.64. The van der Waals surface area contributed by atoms with Crippen LogP contribution in [0.2, 0.25) is 0 Å². The minimum Gasteiger partial charge on any atom is -0.0764 e. The van der Waals surface area contributed by atoms with Crippen LogP contribution in [0.5, 0.6) is 0 Å². The molecule has 0 N–H and O–H groups in total. The van der Waals surface area contributed by atoms with Crippen molar-refractivity contribution in [3.63, 3.8) is 0 Å². The number of hydrogen-bond donors (Lipinski definition) is 0. The van der Waals surface area contributed by atoms with Crippen LogP contribution in [0, 0.1) is 11.8 Å². The topological polar surface area (TPSA) is 0 Å². The van der Waals surface area contributed by atoms with E-state index < -0.39 is 0 Å². The lowest BCUT2D eigenvalue weighted by Crippen LogP contribution is -2.05. The molecule has 0 bridgehead atoms. The Balaban J connectivity index is 2.35. The largest absolute Gasteiger partial charge is 0.0764 e. The van der Waals surface area contributed by atoms with Gasteiger partial charge in [-0.2, -0.15) is 0 Å². The smallest absolute Gasteiger partial charge is 0.00840 e. The second-order valence-electron chi connectivity index (χ2n) is 3.82. The van der Waals surface area contributed by atoms with Crippen molar-refractivity contribution < 1.29 is 0 Å². The fourth-order valence-corrected chi connectivity index (χ4v) is 2.24. The second kappa shape index (κ2) is 3.37. The summed E-state index contributed by atoms with van der Waals surface area (Å²) in [4.78, 5) is 0. The molecule has 0 aromatic heterocycles. The summed E-state index contributed by atoms with van der Waals surface area (Å²) >= 11 is 0. The third-order valence-electron chi connectivity index (χ3n) is 3.10. The molecule has 0 aromatic carbocycles. The summed E-state index contributed by atoms with van der Waals surface area (Å²) in [5.74, 6) is 1.33. The fraction of sp³-hybridized carbons (Fsp3) is 0.385. The van der Waals surface area contributed by atoms with E-state index in [2.05, 4.69) is 50.3 Å². The minimum atomic E-state index is 0.630. The molecule has 13 heavy (non-hydrogen) atoms. The minimum absolute atomic E-state index is 0.630. The Labute approximate surface area is 80.3 Å². The molecule has 68 valence electrons. The summed E-state index contributed by atoms with van der Waals surface area (Å²) < 4.78 is 0. The molecule has 2 aliphatic rings. The highest BCUT2D eigenvalue weighted by molar-refractivity contribution is 5.42. The van der Waals surface area contributed by atoms with Crippen LogP contribution in [0.4, 0.5) is 0 Å². The molecule has 0 spiro atoms. The average molecular weight is 172 g/mol. The van der Waals surface area contributed by atoms with Crippen LogP contribution in [-0.2, 0) is 0 Å². The van der Waals surface area contributed by atoms with Gasteiger partial charge >= 0.3 is 0 Å². The van der Waals surface area contributed by atoms with E-state index in [4.69, 9.17) is 0 Å². The van der Waals surface area contributed by atoms with Gasteiger partial charge in [-0.25, -0.2) is 0 Å². The maximum absolute atomic E-state index is 2.37. The molecule has 0 fully saturated rings. The van der Waals surface area contributed by atoms with Gasteiger partial charge < -0.3 is 0 Å². The fourth-order valence-electron chi connectivity index (χ4n) is 2.24. The van der Waals surface area contributed by atoms with Crippen LogP contribution in [0.15, 0.2) is 47.6 Å². The first-order valence-electron chi connectivity index (χ1n) is 5.08. The monoisotopic (exact) mass is 172 g/mol. The molecule has 0 saturated carbocycles. The normalized spacial score (nSPS) is 30.9. The van der Waals surface area contributed by atoms with Crippen molar-refractivity contribution in [3.05, 3.63) is 47.6 Å². The summed E-state index contributed by atoms with van der Waals surface area (Å²) in [5.41, 5.74) is 3.07. The molecule has 0 aromatic rings. The Morgan fingerprint density at radius 1 is 1.23 bits per heavy atom. The van der Waals surface area contributed by atoms with E-state index in [1.807, 2.05) is 0 Å². The molecule has 0 saturated heterocycles. The predicted molar refractivity (Wildman–Crippen MR) is 57.4 cm³/mol. The van der Waals surface area contributed by atoms with Crippen molar-refractivity contribution in [3.8, 4) is 0 Å². The molecule has 2 unspecified atom stereocenters. The molecule has 2 atom stereocenters. The van der Waals surface area contributed by atoms with Crippen molar-refractivity contribution in [2.45, 2.75) is 20.3 Å². The van der Waals surface area contributed by atoms with Crippen LogP contribution in [0.3, 0.4) is 0 Å². The first kappa shape index (κ1) is 8.55. The first-order valence-corrected chi connectivity index (χ1v) is 5.08. The Bertz CT molecular complexity index is 313. The van der Waals surface area contributed by atoms with E-state index in [0.29, 0.717) is 11.8 Å². The van der Waals surface area contributed by atoms with Gasteiger partial charge in [0.25, 0.3) is 0 Å². The van der Waals surface area contributed by atoms with E-state index in [1.54, 1.807) is 5.57 Å². The van der Waals surface area contributed by atoms with E-state index in [1.165, 1.54) is 12.0 Å². The lowest BCUT2D eigenvalue weighted by molar-refractivity contribution is 0.578. The average Bonchev–Trinajstić information content (AvgIpc) is 2.37. The SMILES string of the molecule is CCC1=CC2=CC=CC=CC2C1C. The third-order valence-corrected chi connectivity index (χ3v) is 3.10. The van der Waals surface area contributed by atoms with E-state index in [-0.39, 0.29) is 0 Å². The van der Waals surface area contributed by atoms with Gasteiger partial charge in [-0.3, -0.25) is 0 Å². The zero-order valence-corrected chi connectivity index (χ0v) is 8.33. The van der Waals surface area contributed by atoms with Gasteiger partial charge in [-0.1, -0.05) is 55.9 Å². The highest BCUT2D eigenvalue weighted by Gasteiger charge is 2.26. The van der Waals surface area contributed by atoms with Gasteiger partial charge in [-0.15, -0.1) is 0 Å². The second-order valence-corrected chi connectivity index (χ2v) is 3.82. The first-order chi connectivity index (χ1) is 6.33. The Morgan fingerprint density at radius 2 is 2.08 bits per heavy atom. The Hall–Kier alpha value is -1.04. The van der Waals surface area contributed by atoms with Crippen molar-refractivity contribution >= 4 is 0 Å². The van der Waals surface area contributed by atoms with Crippen LogP contribution in [-0.4, -0.2) is 0 Å². The molecule has 0 nitrogen and oxygen atoms in total. The van der Waals surface area contributed by atoms with Gasteiger partial charge in [0.15, 0.2) is 0 Å². The molecular weight excluding hydrogens is 156 g/mol. The van der Waals surface area contributed by atoms with Crippen LogP contribution < -0.4 is 0 Å². The Kier molecular flexibility index (Phi) is 2.22. The van der Waals surface area contributed by atoms with Gasteiger partial charge in [0, 0.05) is 5.92 Å². The lowest BCUT2D eigenvalue weighted by Gasteiger charge is -2.14. The standard InChI is InChI=1S/C13H16/c1-3-11-9-12-7-5-4-6-8-13(12)10(11)2/h4-10,13H,3H2,1-2H3. The van der Waals surface area contributed by atoms with Crippen molar-refractivity contribution in [1.29, 1.82) is 0 Å². The van der Waals surface area contributed by atoms with E-state index in [0.717, 1.165) is 0 Å². The summed E-state index contributed by atoms with van der Waals surface area (Å²) in [6, 6.07) is 0. The maximum Gasteiger partial charge on any atom is 0.00840 e. The molecule has 0 radical (unpaired) electrons. The number of fused-ring (bicyclic) bond motifs is 1. The number of hydrogen-bond acceptors (Lipinski definition) is 0. The summed E-state index contributed by atoms with van der Waals surface area (Å²) in [6.45, 7) is 4.57. The molecule has 2 aliphatic carbocycles. The Morgan fingerprint density at radius 3 is 2.85 bits per heavy atom. The number of rotatable bonds is 1. The van der Waals surface area contributed by atoms with Crippen LogP contribution in [0.1, 0.15) is 20.3 Å². The maximum atomic E-state index is 2.37. The molecule has 2 rings (SSSR count). The highest BCUT2D eigenvalue weighted by atomic mass is 14.3. The highest BCUT2D eigenvalue weighted by Crippen LogP contribution is 2.38. The summed E-state index contributed by atoms with van der Waals surface area (Å²) in [6.07, 6.45) is 14.5. The third kappa shape index (κ3) is 1.41. The zero-order chi connectivity index (χ0) is 9.26.